The predicted molar refractivity (Wildman–Crippen MR) is 48.1 cm³/mol. The van der Waals surface area contributed by atoms with Crippen LogP contribution in [0.3, 0.4) is 0 Å². The van der Waals surface area contributed by atoms with Gasteiger partial charge in [-0.2, -0.15) is 0 Å². The lowest BCUT2D eigenvalue weighted by Gasteiger charge is -2.12. The van der Waals surface area contributed by atoms with E-state index >= 15 is 0 Å². The minimum Gasteiger partial charge on any atom is -0.377 e. The predicted octanol–water partition coefficient (Wildman–Crippen LogP) is 1.92. The summed E-state index contributed by atoms with van der Waals surface area (Å²) < 4.78 is 7.23. The molecule has 0 aliphatic heterocycles. The van der Waals surface area contributed by atoms with E-state index in [-0.39, 0.29) is 0 Å². The van der Waals surface area contributed by atoms with Crippen LogP contribution in [0.1, 0.15) is 31.4 Å². The Labute approximate surface area is 73.4 Å². The highest BCUT2D eigenvalue weighted by Gasteiger charge is 2.08. The van der Waals surface area contributed by atoms with Crippen molar-refractivity contribution in [2.24, 2.45) is 0 Å². The molecule has 1 aromatic heterocycles. The summed E-state index contributed by atoms with van der Waals surface area (Å²) in [4.78, 5) is 4.26. The SMILES string of the molecule is COCc1ncc(C)n1C(C)C. The van der Waals surface area contributed by atoms with E-state index in [0.717, 1.165) is 5.82 Å². The fourth-order valence-electron chi connectivity index (χ4n) is 1.44. The summed E-state index contributed by atoms with van der Waals surface area (Å²) in [5.41, 5.74) is 1.19. The Morgan fingerprint density at radius 2 is 2.25 bits per heavy atom. The van der Waals surface area contributed by atoms with Gasteiger partial charge in [-0.1, -0.05) is 0 Å². The molecule has 12 heavy (non-hydrogen) atoms. The number of rotatable bonds is 3. The third-order valence-corrected chi connectivity index (χ3v) is 1.85. The molecule has 1 heterocycles. The number of aryl methyl sites for hydroxylation is 1. The lowest BCUT2D eigenvalue weighted by Crippen LogP contribution is -2.08. The zero-order valence-electron chi connectivity index (χ0n) is 8.16. The zero-order valence-corrected chi connectivity index (χ0v) is 8.16. The first-order valence-electron chi connectivity index (χ1n) is 4.18. The van der Waals surface area contributed by atoms with Gasteiger partial charge in [0.2, 0.25) is 0 Å². The molecule has 0 spiro atoms. The summed E-state index contributed by atoms with van der Waals surface area (Å²) in [6, 6.07) is 0.456. The first-order chi connectivity index (χ1) is 5.66. The number of imidazole rings is 1. The molecule has 0 atom stereocenters. The van der Waals surface area contributed by atoms with Crippen LogP contribution >= 0.6 is 0 Å². The average Bonchev–Trinajstić information content (AvgIpc) is 2.32. The largest absolute Gasteiger partial charge is 0.377 e. The van der Waals surface area contributed by atoms with Gasteiger partial charge >= 0.3 is 0 Å². The van der Waals surface area contributed by atoms with Crippen LogP contribution < -0.4 is 0 Å². The Bertz CT molecular complexity index is 253. The van der Waals surface area contributed by atoms with Crippen LogP contribution in [0.25, 0.3) is 0 Å². The summed E-state index contributed by atoms with van der Waals surface area (Å²) in [6.07, 6.45) is 1.88. The summed E-state index contributed by atoms with van der Waals surface area (Å²) >= 11 is 0. The van der Waals surface area contributed by atoms with Crippen LogP contribution in [0.4, 0.5) is 0 Å². The van der Waals surface area contributed by atoms with E-state index in [1.807, 2.05) is 6.20 Å². The van der Waals surface area contributed by atoms with Crippen molar-refractivity contribution in [3.8, 4) is 0 Å². The molecule has 0 N–H and O–H groups in total. The van der Waals surface area contributed by atoms with Crippen LogP contribution in [0.2, 0.25) is 0 Å². The smallest absolute Gasteiger partial charge is 0.135 e. The molecule has 0 unspecified atom stereocenters. The highest BCUT2D eigenvalue weighted by Crippen LogP contribution is 2.12. The minimum atomic E-state index is 0.456. The molecule has 0 fully saturated rings. The van der Waals surface area contributed by atoms with E-state index in [1.54, 1.807) is 7.11 Å². The number of hydrogen-bond donors (Lipinski definition) is 0. The van der Waals surface area contributed by atoms with Crippen molar-refractivity contribution in [2.75, 3.05) is 7.11 Å². The first-order valence-corrected chi connectivity index (χ1v) is 4.18. The standard InChI is InChI=1S/C9H16N2O/c1-7(2)11-8(3)5-10-9(11)6-12-4/h5,7H,6H2,1-4H3. The van der Waals surface area contributed by atoms with Gasteiger partial charge in [-0.15, -0.1) is 0 Å². The van der Waals surface area contributed by atoms with Gasteiger partial charge in [-0.05, 0) is 20.8 Å². The molecule has 68 valence electrons. The summed E-state index contributed by atoms with van der Waals surface area (Å²) in [5.74, 6) is 1.00. The van der Waals surface area contributed by atoms with E-state index in [1.165, 1.54) is 5.69 Å². The first kappa shape index (κ1) is 9.26. The van der Waals surface area contributed by atoms with Gasteiger partial charge in [-0.25, -0.2) is 4.98 Å². The van der Waals surface area contributed by atoms with Crippen LogP contribution in [-0.4, -0.2) is 16.7 Å². The van der Waals surface area contributed by atoms with Crippen molar-refractivity contribution in [1.29, 1.82) is 0 Å². The molecular formula is C9H16N2O. The second-order valence-corrected chi connectivity index (χ2v) is 3.21. The third kappa shape index (κ3) is 1.67. The van der Waals surface area contributed by atoms with E-state index in [2.05, 4.69) is 30.3 Å². The van der Waals surface area contributed by atoms with E-state index in [4.69, 9.17) is 4.74 Å². The van der Waals surface area contributed by atoms with E-state index < -0.39 is 0 Å². The third-order valence-electron chi connectivity index (χ3n) is 1.85. The number of aromatic nitrogens is 2. The van der Waals surface area contributed by atoms with Crippen LogP contribution in [0.5, 0.6) is 0 Å². The fourth-order valence-corrected chi connectivity index (χ4v) is 1.44. The monoisotopic (exact) mass is 168 g/mol. The molecule has 1 rings (SSSR count). The molecule has 0 aliphatic carbocycles. The van der Waals surface area contributed by atoms with Gasteiger partial charge in [0.1, 0.15) is 12.4 Å². The van der Waals surface area contributed by atoms with Gasteiger partial charge in [0, 0.05) is 25.0 Å². The maximum Gasteiger partial charge on any atom is 0.135 e. The van der Waals surface area contributed by atoms with Crippen molar-refractivity contribution in [2.45, 2.75) is 33.4 Å². The van der Waals surface area contributed by atoms with Crippen LogP contribution in [0, 0.1) is 6.92 Å². The number of nitrogens with zero attached hydrogens (tertiary/aromatic N) is 2. The fraction of sp³-hybridized carbons (Fsp3) is 0.667. The van der Waals surface area contributed by atoms with Crippen LogP contribution in [-0.2, 0) is 11.3 Å². The maximum absolute atomic E-state index is 5.05. The maximum atomic E-state index is 5.05. The number of methoxy groups -OCH3 is 1. The van der Waals surface area contributed by atoms with Gasteiger partial charge < -0.3 is 9.30 Å². The number of ether oxygens (including phenoxy) is 1. The lowest BCUT2D eigenvalue weighted by molar-refractivity contribution is 0.173. The molecule has 0 bridgehead atoms. The Balaban J connectivity index is 2.95. The summed E-state index contributed by atoms with van der Waals surface area (Å²) in [7, 11) is 1.69. The lowest BCUT2D eigenvalue weighted by atomic mass is 10.3. The second-order valence-electron chi connectivity index (χ2n) is 3.21. The molecule has 0 aromatic carbocycles. The van der Waals surface area contributed by atoms with E-state index in [0.29, 0.717) is 12.6 Å². The Kier molecular flexibility index (Phi) is 2.87. The summed E-state index contributed by atoms with van der Waals surface area (Å²) in [5, 5.41) is 0. The van der Waals surface area contributed by atoms with Crippen molar-refractivity contribution in [3.05, 3.63) is 17.7 Å². The normalized spacial score (nSPS) is 11.1. The van der Waals surface area contributed by atoms with Crippen molar-refractivity contribution in [3.63, 3.8) is 0 Å². The van der Waals surface area contributed by atoms with Crippen LogP contribution in [0.15, 0.2) is 6.20 Å². The topological polar surface area (TPSA) is 27.1 Å². The molecule has 0 saturated heterocycles. The molecule has 0 radical (unpaired) electrons. The molecule has 1 aromatic rings. The van der Waals surface area contributed by atoms with Gasteiger partial charge in [-0.3, -0.25) is 0 Å². The quantitative estimate of drug-likeness (QED) is 0.689. The Morgan fingerprint density at radius 3 is 2.75 bits per heavy atom. The number of hydrogen-bond acceptors (Lipinski definition) is 2. The van der Waals surface area contributed by atoms with Crippen molar-refractivity contribution >= 4 is 0 Å². The zero-order chi connectivity index (χ0) is 9.14. The van der Waals surface area contributed by atoms with Gasteiger partial charge in [0.25, 0.3) is 0 Å². The van der Waals surface area contributed by atoms with Crippen molar-refractivity contribution in [1.82, 2.24) is 9.55 Å². The highest BCUT2D eigenvalue weighted by atomic mass is 16.5. The molecule has 0 aliphatic rings. The van der Waals surface area contributed by atoms with E-state index in [9.17, 15) is 0 Å². The highest BCUT2D eigenvalue weighted by molar-refractivity contribution is 5.04. The Morgan fingerprint density at radius 1 is 1.58 bits per heavy atom. The molecule has 0 amide bonds. The van der Waals surface area contributed by atoms with Crippen molar-refractivity contribution < 1.29 is 4.74 Å². The molecule has 0 saturated carbocycles. The average molecular weight is 168 g/mol. The molecular weight excluding hydrogens is 152 g/mol. The molecule has 3 heteroatoms. The minimum absolute atomic E-state index is 0.456. The molecule has 3 nitrogen and oxygen atoms in total. The van der Waals surface area contributed by atoms with Gasteiger partial charge in [0.15, 0.2) is 0 Å². The Hall–Kier alpha value is -0.830. The van der Waals surface area contributed by atoms with Gasteiger partial charge in [0.05, 0.1) is 0 Å². The second kappa shape index (κ2) is 3.72. The summed E-state index contributed by atoms with van der Waals surface area (Å²) in [6.45, 7) is 6.94.